The molecule has 20 heavy (non-hydrogen) atoms. The number of hydrogen-bond donors (Lipinski definition) is 2. The highest BCUT2D eigenvalue weighted by Gasteiger charge is 2.32. The highest BCUT2D eigenvalue weighted by molar-refractivity contribution is 5.93. The number of carbonyl (C=O) groups is 1. The van der Waals surface area contributed by atoms with Gasteiger partial charge in [0.2, 0.25) is 0 Å². The zero-order valence-corrected chi connectivity index (χ0v) is 10.1. The van der Waals surface area contributed by atoms with Crippen LogP contribution in [0.4, 0.5) is 13.2 Å². The van der Waals surface area contributed by atoms with Crippen molar-refractivity contribution in [2.24, 2.45) is 0 Å². The van der Waals surface area contributed by atoms with E-state index in [1.54, 1.807) is 0 Å². The Morgan fingerprint density at radius 2 is 2.10 bits per heavy atom. The lowest BCUT2D eigenvalue weighted by molar-refractivity contribution is -0.141. The lowest BCUT2D eigenvalue weighted by atomic mass is 10.2. The van der Waals surface area contributed by atoms with E-state index in [1.807, 2.05) is 0 Å². The van der Waals surface area contributed by atoms with Crippen LogP contribution in [-0.2, 0) is 12.6 Å². The first-order valence-corrected chi connectivity index (χ1v) is 5.62. The number of rotatable bonds is 4. The quantitative estimate of drug-likeness (QED) is 0.884. The maximum atomic E-state index is 12.3. The molecule has 0 fully saturated rings. The van der Waals surface area contributed by atoms with Crippen molar-refractivity contribution in [3.63, 3.8) is 0 Å². The number of halogens is 3. The topological polar surface area (TPSA) is 83.6 Å². The third-order valence-electron chi connectivity index (χ3n) is 2.43. The molecule has 2 aromatic rings. The predicted octanol–water partition coefficient (Wildman–Crippen LogP) is 1.19. The van der Waals surface area contributed by atoms with Crippen molar-refractivity contribution in [2.75, 3.05) is 6.54 Å². The average molecular weight is 285 g/mol. The van der Waals surface area contributed by atoms with Gasteiger partial charge < -0.3 is 5.32 Å². The molecule has 106 valence electrons. The van der Waals surface area contributed by atoms with Gasteiger partial charge in [-0.15, -0.1) is 0 Å². The Bertz CT molecular complexity index is 565. The van der Waals surface area contributed by atoms with E-state index < -0.39 is 17.8 Å². The summed E-state index contributed by atoms with van der Waals surface area (Å²) in [7, 11) is 0. The minimum Gasteiger partial charge on any atom is -0.352 e. The molecule has 0 saturated heterocycles. The van der Waals surface area contributed by atoms with Crippen LogP contribution in [0.5, 0.6) is 0 Å². The van der Waals surface area contributed by atoms with Crippen molar-refractivity contribution >= 4 is 5.91 Å². The summed E-state index contributed by atoms with van der Waals surface area (Å²) in [6.45, 7) is 0.287. The van der Waals surface area contributed by atoms with Crippen molar-refractivity contribution in [1.29, 1.82) is 0 Å². The molecule has 0 spiro atoms. The van der Waals surface area contributed by atoms with E-state index in [0.29, 0.717) is 12.2 Å². The molecule has 2 aromatic heterocycles. The lowest BCUT2D eigenvalue weighted by Gasteiger charge is -2.07. The molecule has 2 N–H and O–H groups in total. The molecule has 2 rings (SSSR count). The van der Waals surface area contributed by atoms with Crippen LogP contribution < -0.4 is 5.32 Å². The summed E-state index contributed by atoms with van der Waals surface area (Å²) in [6, 6.07) is 1.85. The minimum atomic E-state index is -4.51. The molecule has 2 heterocycles. The fraction of sp³-hybridized carbons (Fsp3) is 0.273. The Labute approximate surface area is 111 Å². The van der Waals surface area contributed by atoms with Crippen LogP contribution in [0.25, 0.3) is 0 Å². The highest BCUT2D eigenvalue weighted by atomic mass is 19.4. The Hall–Kier alpha value is -2.45. The summed E-state index contributed by atoms with van der Waals surface area (Å²) >= 11 is 0. The number of hydrogen-bond acceptors (Lipinski definition) is 4. The lowest BCUT2D eigenvalue weighted by Crippen LogP contribution is -2.26. The highest BCUT2D eigenvalue weighted by Crippen LogP contribution is 2.27. The van der Waals surface area contributed by atoms with E-state index in [-0.39, 0.29) is 12.1 Å². The van der Waals surface area contributed by atoms with Gasteiger partial charge in [-0.25, -0.2) is 4.98 Å². The molecule has 0 unspecified atom stereocenters. The average Bonchev–Trinajstić information content (AvgIpc) is 2.91. The van der Waals surface area contributed by atoms with Crippen LogP contribution in [-0.4, -0.2) is 32.6 Å². The SMILES string of the molecule is O=C(NCCc1ncn[nH]1)c1ccc(C(F)(F)F)nc1. The summed E-state index contributed by atoms with van der Waals surface area (Å²) in [5.41, 5.74) is -0.966. The number of amides is 1. The summed E-state index contributed by atoms with van der Waals surface area (Å²) < 4.78 is 36.9. The first kappa shape index (κ1) is 14.0. The molecule has 0 bridgehead atoms. The van der Waals surface area contributed by atoms with Crippen LogP contribution in [0.3, 0.4) is 0 Å². The molecular weight excluding hydrogens is 275 g/mol. The number of aromatic amines is 1. The van der Waals surface area contributed by atoms with Crippen molar-refractivity contribution < 1.29 is 18.0 Å². The standard InChI is InChI=1S/C11H10F3N5O/c12-11(13,14)8-2-1-7(5-16-8)10(20)15-4-3-9-17-6-18-19-9/h1-2,5-6H,3-4H2,(H,15,20)(H,17,18,19). The zero-order chi connectivity index (χ0) is 14.6. The normalized spacial score (nSPS) is 11.3. The Kier molecular flexibility index (Phi) is 3.97. The van der Waals surface area contributed by atoms with E-state index in [0.717, 1.165) is 18.3 Å². The third-order valence-corrected chi connectivity index (χ3v) is 2.43. The van der Waals surface area contributed by atoms with Gasteiger partial charge in [-0.05, 0) is 12.1 Å². The molecular formula is C11H10F3N5O. The second-order valence-corrected chi connectivity index (χ2v) is 3.87. The van der Waals surface area contributed by atoms with Gasteiger partial charge >= 0.3 is 6.18 Å². The minimum absolute atomic E-state index is 0.0653. The summed E-state index contributed by atoms with van der Waals surface area (Å²) in [6.07, 6.45) is -1.83. The Morgan fingerprint density at radius 1 is 1.30 bits per heavy atom. The molecule has 0 aromatic carbocycles. The van der Waals surface area contributed by atoms with Crippen molar-refractivity contribution in [2.45, 2.75) is 12.6 Å². The molecule has 0 radical (unpaired) electrons. The maximum Gasteiger partial charge on any atom is 0.433 e. The van der Waals surface area contributed by atoms with E-state index in [2.05, 4.69) is 25.5 Å². The van der Waals surface area contributed by atoms with Gasteiger partial charge in [-0.3, -0.25) is 14.9 Å². The molecule has 0 aliphatic heterocycles. The number of nitrogens with one attached hydrogen (secondary N) is 2. The molecule has 0 saturated carbocycles. The fourth-order valence-electron chi connectivity index (χ4n) is 1.44. The number of pyridine rings is 1. The number of alkyl halides is 3. The van der Waals surface area contributed by atoms with Crippen LogP contribution in [0, 0.1) is 0 Å². The number of carbonyl (C=O) groups excluding carboxylic acids is 1. The van der Waals surface area contributed by atoms with Gasteiger partial charge in [-0.2, -0.15) is 18.3 Å². The van der Waals surface area contributed by atoms with E-state index in [9.17, 15) is 18.0 Å². The van der Waals surface area contributed by atoms with Gasteiger partial charge in [0.15, 0.2) is 0 Å². The van der Waals surface area contributed by atoms with Gasteiger partial charge in [-0.1, -0.05) is 0 Å². The van der Waals surface area contributed by atoms with E-state index in [1.165, 1.54) is 6.33 Å². The first-order chi connectivity index (χ1) is 9.47. The van der Waals surface area contributed by atoms with Crippen LogP contribution in [0.2, 0.25) is 0 Å². The molecule has 0 atom stereocenters. The van der Waals surface area contributed by atoms with Crippen LogP contribution in [0.15, 0.2) is 24.7 Å². The smallest absolute Gasteiger partial charge is 0.352 e. The molecule has 0 aliphatic rings. The second-order valence-electron chi connectivity index (χ2n) is 3.87. The molecule has 6 nitrogen and oxygen atoms in total. The van der Waals surface area contributed by atoms with Crippen molar-refractivity contribution in [3.05, 3.63) is 41.7 Å². The zero-order valence-electron chi connectivity index (χ0n) is 10.1. The van der Waals surface area contributed by atoms with Crippen molar-refractivity contribution in [1.82, 2.24) is 25.5 Å². The predicted molar refractivity (Wildman–Crippen MR) is 61.7 cm³/mol. The fourth-order valence-corrected chi connectivity index (χ4v) is 1.44. The number of aromatic nitrogens is 4. The molecule has 0 aliphatic carbocycles. The van der Waals surface area contributed by atoms with Gasteiger partial charge in [0, 0.05) is 19.2 Å². The Morgan fingerprint density at radius 3 is 2.65 bits per heavy atom. The van der Waals surface area contributed by atoms with Crippen molar-refractivity contribution in [3.8, 4) is 0 Å². The second kappa shape index (κ2) is 5.68. The molecule has 9 heteroatoms. The van der Waals surface area contributed by atoms with Gasteiger partial charge in [0.1, 0.15) is 17.8 Å². The van der Waals surface area contributed by atoms with Crippen LogP contribution in [0.1, 0.15) is 21.9 Å². The number of H-pyrrole nitrogens is 1. The Balaban J connectivity index is 1.89. The maximum absolute atomic E-state index is 12.3. The summed E-state index contributed by atoms with van der Waals surface area (Å²) in [4.78, 5) is 18.7. The van der Waals surface area contributed by atoms with Gasteiger partial charge in [0.25, 0.3) is 5.91 Å². The van der Waals surface area contributed by atoms with Gasteiger partial charge in [0.05, 0.1) is 5.56 Å². The van der Waals surface area contributed by atoms with E-state index >= 15 is 0 Å². The molecule has 1 amide bonds. The number of nitrogens with zero attached hydrogens (tertiary/aromatic N) is 3. The third kappa shape index (κ3) is 3.53. The monoisotopic (exact) mass is 285 g/mol. The largest absolute Gasteiger partial charge is 0.433 e. The first-order valence-electron chi connectivity index (χ1n) is 5.62. The van der Waals surface area contributed by atoms with E-state index in [4.69, 9.17) is 0 Å². The summed E-state index contributed by atoms with van der Waals surface area (Å²) in [5, 5.41) is 8.82. The van der Waals surface area contributed by atoms with Crippen LogP contribution >= 0.6 is 0 Å². The summed E-state index contributed by atoms with van der Waals surface area (Å²) in [5.74, 6) is 0.113.